The monoisotopic (exact) mass is 539 g/mol. The number of nitrogens with one attached hydrogen (secondary N) is 1. The Hall–Kier alpha value is -1.68. The van der Waals surface area contributed by atoms with Gasteiger partial charge in [-0.3, -0.25) is 9.89 Å². The van der Waals surface area contributed by atoms with Crippen LogP contribution in [0.25, 0.3) is 0 Å². The predicted octanol–water partition coefficient (Wildman–Crippen LogP) is 3.58. The zero-order valence-electron chi connectivity index (χ0n) is 19.2. The minimum Gasteiger partial charge on any atom is -0.357 e. The molecule has 0 radical (unpaired) electrons. The molecular weight excluding hydrogens is 501 g/mol. The Balaban J connectivity index is 0.00000341. The van der Waals surface area contributed by atoms with Gasteiger partial charge in [0.1, 0.15) is 12.7 Å². The summed E-state index contributed by atoms with van der Waals surface area (Å²) in [6, 6.07) is 9.12. The molecule has 1 aromatic carbocycles. The second kappa shape index (κ2) is 13.7. The van der Waals surface area contributed by atoms with Crippen LogP contribution >= 0.6 is 24.0 Å². The average Bonchev–Trinajstić information content (AvgIpc) is 3.27. The highest BCUT2D eigenvalue weighted by Gasteiger charge is 2.19. The van der Waals surface area contributed by atoms with Crippen molar-refractivity contribution < 1.29 is 0 Å². The van der Waals surface area contributed by atoms with Crippen molar-refractivity contribution in [1.29, 1.82) is 0 Å². The Morgan fingerprint density at radius 1 is 1.03 bits per heavy atom. The number of rotatable bonds is 9. The summed E-state index contributed by atoms with van der Waals surface area (Å²) in [6.45, 7) is 14.6. The van der Waals surface area contributed by atoms with Gasteiger partial charge in [-0.15, -0.1) is 34.2 Å². The fourth-order valence-corrected chi connectivity index (χ4v) is 3.74. The van der Waals surface area contributed by atoms with E-state index >= 15 is 0 Å². The molecule has 31 heavy (non-hydrogen) atoms. The van der Waals surface area contributed by atoms with Gasteiger partial charge in [0.05, 0.1) is 0 Å². The van der Waals surface area contributed by atoms with Crippen molar-refractivity contribution in [2.75, 3.05) is 39.3 Å². The van der Waals surface area contributed by atoms with Crippen molar-refractivity contribution in [2.24, 2.45) is 4.99 Å². The van der Waals surface area contributed by atoms with Gasteiger partial charge in [-0.05, 0) is 36.8 Å². The molecule has 0 bridgehead atoms. The van der Waals surface area contributed by atoms with E-state index in [0.29, 0.717) is 5.92 Å². The van der Waals surface area contributed by atoms with Gasteiger partial charge >= 0.3 is 0 Å². The van der Waals surface area contributed by atoms with Gasteiger partial charge in [-0.25, -0.2) is 0 Å². The summed E-state index contributed by atoms with van der Waals surface area (Å²) >= 11 is 0. The fraction of sp³-hybridized carbons (Fsp3) is 0.609. The molecule has 1 fully saturated rings. The van der Waals surface area contributed by atoms with Gasteiger partial charge in [0.25, 0.3) is 0 Å². The molecule has 0 atom stereocenters. The minimum atomic E-state index is 0. The summed E-state index contributed by atoms with van der Waals surface area (Å²) in [7, 11) is 0. The zero-order valence-corrected chi connectivity index (χ0v) is 21.5. The summed E-state index contributed by atoms with van der Waals surface area (Å²) in [5.74, 6) is 1.65. The number of nitrogens with zero attached hydrogens (tertiary/aromatic N) is 6. The number of guanidine groups is 1. The summed E-state index contributed by atoms with van der Waals surface area (Å²) in [5.41, 5.74) is 2.82. The number of unbranched alkanes of at least 4 members (excludes halogenated alkanes) is 1. The Bertz CT molecular complexity index is 751. The third-order valence-electron chi connectivity index (χ3n) is 5.61. The maximum absolute atomic E-state index is 4.86. The second-order valence-corrected chi connectivity index (χ2v) is 8.30. The Morgan fingerprint density at radius 2 is 1.71 bits per heavy atom. The van der Waals surface area contributed by atoms with Crippen LogP contribution in [0, 0.1) is 0 Å². The number of benzene rings is 1. The van der Waals surface area contributed by atoms with Crippen LogP contribution in [0.3, 0.4) is 0 Å². The number of hydrogen-bond donors (Lipinski definition) is 1. The predicted molar refractivity (Wildman–Crippen MR) is 138 cm³/mol. The van der Waals surface area contributed by atoms with Crippen molar-refractivity contribution in [3.8, 4) is 0 Å². The molecule has 0 amide bonds. The van der Waals surface area contributed by atoms with E-state index < -0.39 is 0 Å². The third kappa shape index (κ3) is 8.40. The maximum Gasteiger partial charge on any atom is 0.194 e. The van der Waals surface area contributed by atoms with E-state index in [0.717, 1.165) is 71.2 Å². The topological polar surface area (TPSA) is 61.6 Å². The number of aromatic nitrogens is 3. The van der Waals surface area contributed by atoms with Crippen LogP contribution in [0.5, 0.6) is 0 Å². The number of hydrogen-bond acceptors (Lipinski definition) is 4. The number of aliphatic imine (C=N–C) groups is 1. The normalized spacial score (nSPS) is 15.2. The number of piperazine rings is 1. The van der Waals surface area contributed by atoms with E-state index in [4.69, 9.17) is 4.99 Å². The van der Waals surface area contributed by atoms with E-state index in [2.05, 4.69) is 70.4 Å². The molecule has 2 heterocycles. The maximum atomic E-state index is 4.86. The first-order valence-corrected chi connectivity index (χ1v) is 11.3. The first-order valence-electron chi connectivity index (χ1n) is 11.3. The largest absolute Gasteiger partial charge is 0.357 e. The molecular formula is C23H38IN7. The van der Waals surface area contributed by atoms with Crippen LogP contribution < -0.4 is 5.32 Å². The Labute approximate surface area is 204 Å². The van der Waals surface area contributed by atoms with E-state index in [1.807, 2.05) is 4.57 Å². The fourth-order valence-electron chi connectivity index (χ4n) is 3.74. The van der Waals surface area contributed by atoms with Gasteiger partial charge in [-0.1, -0.05) is 38.1 Å². The molecule has 0 unspecified atom stereocenters. The SMILES string of the molecule is CCNC(=NCCCCn1cnnc1)N1CCN(Cc2ccc(C(C)C)cc2)CC1.I. The highest BCUT2D eigenvalue weighted by Crippen LogP contribution is 2.16. The lowest BCUT2D eigenvalue weighted by Gasteiger charge is -2.36. The third-order valence-corrected chi connectivity index (χ3v) is 5.61. The van der Waals surface area contributed by atoms with Crippen LogP contribution in [0.2, 0.25) is 0 Å². The molecule has 1 saturated heterocycles. The Kier molecular flexibility index (Phi) is 11.3. The molecule has 1 aliphatic heterocycles. The summed E-state index contributed by atoms with van der Waals surface area (Å²) in [4.78, 5) is 9.81. The van der Waals surface area contributed by atoms with Gasteiger partial charge in [-0.2, -0.15) is 0 Å². The van der Waals surface area contributed by atoms with Gasteiger partial charge < -0.3 is 14.8 Å². The molecule has 7 nitrogen and oxygen atoms in total. The van der Waals surface area contributed by atoms with Crippen LogP contribution in [-0.4, -0.2) is 69.8 Å². The smallest absolute Gasteiger partial charge is 0.194 e. The molecule has 1 aromatic heterocycles. The molecule has 1 N–H and O–H groups in total. The molecule has 172 valence electrons. The lowest BCUT2D eigenvalue weighted by Crippen LogP contribution is -2.52. The molecule has 1 aliphatic rings. The second-order valence-electron chi connectivity index (χ2n) is 8.30. The summed E-state index contributed by atoms with van der Waals surface area (Å²) in [5, 5.41) is 11.2. The van der Waals surface area contributed by atoms with Gasteiger partial charge in [0.2, 0.25) is 0 Å². The van der Waals surface area contributed by atoms with Crippen LogP contribution in [-0.2, 0) is 13.1 Å². The average molecular weight is 540 g/mol. The molecule has 8 heteroatoms. The standard InChI is InChI=1S/C23H37N7.HI/c1-4-24-23(25-11-5-6-12-29-18-26-27-19-29)30-15-13-28(14-16-30)17-21-7-9-22(10-8-21)20(2)3;/h7-10,18-20H,4-6,11-17H2,1-3H3,(H,24,25);1H. The van der Waals surface area contributed by atoms with Crippen molar-refractivity contribution >= 4 is 29.9 Å². The molecule has 3 rings (SSSR count). The minimum absolute atomic E-state index is 0. The first-order chi connectivity index (χ1) is 14.7. The highest BCUT2D eigenvalue weighted by molar-refractivity contribution is 14.0. The quantitative estimate of drug-likeness (QED) is 0.229. The van der Waals surface area contributed by atoms with Crippen molar-refractivity contribution in [1.82, 2.24) is 29.9 Å². The number of aryl methyl sites for hydroxylation is 1. The zero-order chi connectivity index (χ0) is 21.2. The molecule has 2 aromatic rings. The molecule has 0 spiro atoms. The van der Waals surface area contributed by atoms with Crippen LogP contribution in [0.1, 0.15) is 50.7 Å². The van der Waals surface area contributed by atoms with Crippen molar-refractivity contribution in [2.45, 2.75) is 52.6 Å². The molecule has 0 saturated carbocycles. The van der Waals surface area contributed by atoms with Crippen LogP contribution in [0.4, 0.5) is 0 Å². The van der Waals surface area contributed by atoms with Crippen LogP contribution in [0.15, 0.2) is 41.9 Å². The summed E-state index contributed by atoms with van der Waals surface area (Å²) < 4.78 is 2.02. The van der Waals surface area contributed by atoms with Gasteiger partial charge in [0, 0.05) is 52.4 Å². The molecule has 0 aliphatic carbocycles. The van der Waals surface area contributed by atoms with Crippen molar-refractivity contribution in [3.05, 3.63) is 48.0 Å². The summed E-state index contributed by atoms with van der Waals surface area (Å²) in [6.07, 6.45) is 5.70. The van der Waals surface area contributed by atoms with E-state index in [9.17, 15) is 0 Å². The van der Waals surface area contributed by atoms with Gasteiger partial charge in [0.15, 0.2) is 5.96 Å². The van der Waals surface area contributed by atoms with E-state index in [1.54, 1.807) is 12.7 Å². The lowest BCUT2D eigenvalue weighted by molar-refractivity contribution is 0.172. The van der Waals surface area contributed by atoms with E-state index in [1.165, 1.54) is 11.1 Å². The lowest BCUT2D eigenvalue weighted by atomic mass is 10.0. The number of halogens is 1. The van der Waals surface area contributed by atoms with E-state index in [-0.39, 0.29) is 24.0 Å². The Morgan fingerprint density at radius 3 is 2.32 bits per heavy atom. The van der Waals surface area contributed by atoms with Crippen molar-refractivity contribution in [3.63, 3.8) is 0 Å². The first kappa shape index (κ1) is 25.6. The highest BCUT2D eigenvalue weighted by atomic mass is 127.